The van der Waals surface area contributed by atoms with Gasteiger partial charge in [0.05, 0.1) is 29.0 Å². The van der Waals surface area contributed by atoms with Crippen LogP contribution in [0.3, 0.4) is 0 Å². The molecule has 2 atom stereocenters. The topological polar surface area (TPSA) is 86.1 Å². The molecule has 0 aliphatic carbocycles. The summed E-state index contributed by atoms with van der Waals surface area (Å²) in [7, 11) is 0. The van der Waals surface area contributed by atoms with Crippen molar-refractivity contribution in [3.63, 3.8) is 0 Å². The van der Waals surface area contributed by atoms with Gasteiger partial charge >= 0.3 is 0 Å². The van der Waals surface area contributed by atoms with E-state index in [9.17, 15) is 14.0 Å². The number of hydrogen-bond acceptors (Lipinski definition) is 6. The first kappa shape index (κ1) is 21.5. The third kappa shape index (κ3) is 4.77. The lowest BCUT2D eigenvalue weighted by Crippen LogP contribution is -2.31. The van der Waals surface area contributed by atoms with Crippen molar-refractivity contribution >= 4 is 34.4 Å². The third-order valence-electron chi connectivity index (χ3n) is 5.15. The Kier molecular flexibility index (Phi) is 6.62. The molecule has 1 aliphatic heterocycles. The summed E-state index contributed by atoms with van der Waals surface area (Å²) in [5.41, 5.74) is 0.250. The smallest absolute Gasteiger partial charge is 0.263 e. The van der Waals surface area contributed by atoms with E-state index in [1.165, 1.54) is 23.9 Å². The molecule has 1 aliphatic rings. The Labute approximate surface area is 183 Å². The summed E-state index contributed by atoms with van der Waals surface area (Å²) in [6.45, 7) is 2.90. The molecule has 3 aromatic rings. The number of rotatable bonds is 7. The van der Waals surface area contributed by atoms with Crippen molar-refractivity contribution in [3.05, 3.63) is 58.8 Å². The summed E-state index contributed by atoms with van der Waals surface area (Å²) in [6, 6.07) is 9.41. The molecule has 4 rings (SSSR count). The molecule has 1 N–H and O–H groups in total. The standard InChI is InChI=1S/C22H23FN4O3S/c1-2-18(20(28)25-17-10-4-3-9-16(17)23)31-22-26-19-15(8-5-11-24-19)21(29)27(22)13-14-7-6-12-30-14/h3-5,8-11,14,18H,2,6-7,12-13H2,1H3,(H,25,28)/t14-,18-/m1/s1. The van der Waals surface area contributed by atoms with Gasteiger partial charge in [-0.2, -0.15) is 0 Å². The minimum Gasteiger partial charge on any atom is -0.376 e. The number of pyridine rings is 1. The van der Waals surface area contributed by atoms with Crippen LogP contribution in [0.1, 0.15) is 26.2 Å². The van der Waals surface area contributed by atoms with E-state index in [0.29, 0.717) is 35.8 Å². The molecule has 31 heavy (non-hydrogen) atoms. The number of thioether (sulfide) groups is 1. The van der Waals surface area contributed by atoms with Crippen molar-refractivity contribution in [1.82, 2.24) is 14.5 Å². The van der Waals surface area contributed by atoms with Gasteiger partial charge in [0.25, 0.3) is 5.56 Å². The number of amides is 1. The van der Waals surface area contributed by atoms with E-state index in [0.717, 1.165) is 12.8 Å². The van der Waals surface area contributed by atoms with Crippen LogP contribution in [0.5, 0.6) is 0 Å². The Balaban J connectivity index is 1.65. The van der Waals surface area contributed by atoms with E-state index < -0.39 is 11.1 Å². The highest BCUT2D eigenvalue weighted by Crippen LogP contribution is 2.27. The van der Waals surface area contributed by atoms with Crippen LogP contribution in [0, 0.1) is 5.82 Å². The number of para-hydroxylation sites is 1. The summed E-state index contributed by atoms with van der Waals surface area (Å²) in [5.74, 6) is -0.851. The van der Waals surface area contributed by atoms with Gasteiger partial charge in [0.1, 0.15) is 5.82 Å². The summed E-state index contributed by atoms with van der Waals surface area (Å²) in [4.78, 5) is 34.8. The van der Waals surface area contributed by atoms with Gasteiger partial charge in [0, 0.05) is 12.8 Å². The summed E-state index contributed by atoms with van der Waals surface area (Å²) in [5, 5.41) is 2.90. The molecule has 2 aromatic heterocycles. The molecule has 0 radical (unpaired) electrons. The average Bonchev–Trinajstić information content (AvgIpc) is 3.29. The lowest BCUT2D eigenvalue weighted by Gasteiger charge is -2.19. The van der Waals surface area contributed by atoms with Gasteiger partial charge in [0.15, 0.2) is 10.8 Å². The highest BCUT2D eigenvalue weighted by Gasteiger charge is 2.25. The van der Waals surface area contributed by atoms with E-state index in [1.54, 1.807) is 35.0 Å². The van der Waals surface area contributed by atoms with Gasteiger partial charge < -0.3 is 10.1 Å². The van der Waals surface area contributed by atoms with Crippen molar-refractivity contribution in [2.24, 2.45) is 0 Å². The Morgan fingerprint density at radius 2 is 2.19 bits per heavy atom. The molecule has 0 bridgehead atoms. The minimum atomic E-state index is -0.566. The van der Waals surface area contributed by atoms with E-state index in [-0.39, 0.29) is 23.3 Å². The molecule has 9 heteroatoms. The maximum Gasteiger partial charge on any atom is 0.263 e. The fourth-order valence-electron chi connectivity index (χ4n) is 3.50. The summed E-state index contributed by atoms with van der Waals surface area (Å²) < 4.78 is 21.3. The number of carbonyl (C=O) groups excluding carboxylic acids is 1. The van der Waals surface area contributed by atoms with Crippen LogP contribution in [0.25, 0.3) is 11.0 Å². The first-order valence-corrected chi connectivity index (χ1v) is 11.1. The molecule has 0 saturated carbocycles. The fraction of sp³-hybridized carbons (Fsp3) is 0.364. The number of halogens is 1. The number of benzene rings is 1. The van der Waals surface area contributed by atoms with Crippen molar-refractivity contribution in [2.45, 2.75) is 49.2 Å². The number of fused-ring (bicyclic) bond motifs is 1. The predicted octanol–water partition coefficient (Wildman–Crippen LogP) is 3.62. The van der Waals surface area contributed by atoms with E-state index >= 15 is 0 Å². The van der Waals surface area contributed by atoms with Crippen molar-refractivity contribution in [1.29, 1.82) is 0 Å². The zero-order valence-electron chi connectivity index (χ0n) is 17.1. The van der Waals surface area contributed by atoms with Crippen molar-refractivity contribution in [3.8, 4) is 0 Å². The number of ether oxygens (including phenoxy) is 1. The van der Waals surface area contributed by atoms with Crippen LogP contribution in [0.4, 0.5) is 10.1 Å². The van der Waals surface area contributed by atoms with Crippen molar-refractivity contribution < 1.29 is 13.9 Å². The summed E-state index contributed by atoms with van der Waals surface area (Å²) >= 11 is 1.18. The molecule has 0 spiro atoms. The molecule has 1 fully saturated rings. The minimum absolute atomic E-state index is 0.0692. The van der Waals surface area contributed by atoms with Gasteiger partial charge in [-0.15, -0.1) is 0 Å². The lowest BCUT2D eigenvalue weighted by molar-refractivity contribution is -0.115. The highest BCUT2D eigenvalue weighted by molar-refractivity contribution is 8.00. The predicted molar refractivity (Wildman–Crippen MR) is 118 cm³/mol. The zero-order chi connectivity index (χ0) is 21.8. The molecule has 162 valence electrons. The maximum atomic E-state index is 14.0. The van der Waals surface area contributed by atoms with Crippen LogP contribution in [0.15, 0.2) is 52.5 Å². The van der Waals surface area contributed by atoms with Crippen LogP contribution >= 0.6 is 11.8 Å². The molecule has 1 amide bonds. The quantitative estimate of drug-likeness (QED) is 0.444. The van der Waals surface area contributed by atoms with Crippen LogP contribution in [-0.4, -0.2) is 38.4 Å². The number of anilines is 1. The monoisotopic (exact) mass is 442 g/mol. The van der Waals surface area contributed by atoms with Gasteiger partial charge in [-0.3, -0.25) is 14.2 Å². The maximum absolute atomic E-state index is 14.0. The second-order valence-corrected chi connectivity index (χ2v) is 8.47. The van der Waals surface area contributed by atoms with E-state index in [1.807, 2.05) is 6.92 Å². The molecular weight excluding hydrogens is 419 g/mol. The average molecular weight is 443 g/mol. The largest absolute Gasteiger partial charge is 0.376 e. The first-order chi connectivity index (χ1) is 15.1. The van der Waals surface area contributed by atoms with Crippen molar-refractivity contribution in [2.75, 3.05) is 11.9 Å². The van der Waals surface area contributed by atoms with Gasteiger partial charge in [-0.05, 0) is 43.5 Å². The Morgan fingerprint density at radius 3 is 2.94 bits per heavy atom. The Bertz CT molecular complexity index is 1150. The number of nitrogens with one attached hydrogen (secondary N) is 1. The van der Waals surface area contributed by atoms with Gasteiger partial charge in [-0.1, -0.05) is 30.8 Å². The Hall–Kier alpha value is -2.78. The second kappa shape index (κ2) is 9.57. The molecule has 1 aromatic carbocycles. The first-order valence-electron chi connectivity index (χ1n) is 10.3. The number of carbonyl (C=O) groups is 1. The second-order valence-electron chi connectivity index (χ2n) is 7.30. The lowest BCUT2D eigenvalue weighted by atomic mass is 10.2. The molecule has 1 saturated heterocycles. The molecular formula is C22H23FN4O3S. The number of aromatic nitrogens is 3. The molecule has 7 nitrogen and oxygen atoms in total. The normalized spacial score (nSPS) is 17.0. The molecule has 3 heterocycles. The van der Waals surface area contributed by atoms with Crippen LogP contribution in [-0.2, 0) is 16.1 Å². The summed E-state index contributed by atoms with van der Waals surface area (Å²) in [6.07, 6.45) is 3.80. The molecule has 0 unspecified atom stereocenters. The van der Waals surface area contributed by atoms with Crippen LogP contribution < -0.4 is 10.9 Å². The van der Waals surface area contributed by atoms with Gasteiger partial charge in [0.2, 0.25) is 5.91 Å². The van der Waals surface area contributed by atoms with Crippen LogP contribution in [0.2, 0.25) is 0 Å². The Morgan fingerprint density at radius 1 is 1.35 bits per heavy atom. The third-order valence-corrected chi connectivity index (χ3v) is 6.50. The zero-order valence-corrected chi connectivity index (χ0v) is 17.9. The fourth-order valence-corrected chi connectivity index (χ4v) is 4.52. The number of hydrogen-bond donors (Lipinski definition) is 1. The highest BCUT2D eigenvalue weighted by atomic mass is 32.2. The van der Waals surface area contributed by atoms with E-state index in [4.69, 9.17) is 4.74 Å². The van der Waals surface area contributed by atoms with E-state index in [2.05, 4.69) is 15.3 Å². The van der Waals surface area contributed by atoms with Gasteiger partial charge in [-0.25, -0.2) is 14.4 Å². The number of nitrogens with zero attached hydrogens (tertiary/aromatic N) is 3. The SMILES string of the molecule is CC[C@@H](Sc1nc2ncccc2c(=O)n1C[C@H]1CCCO1)C(=O)Nc1ccccc1F.